The van der Waals surface area contributed by atoms with E-state index in [4.69, 9.17) is 0 Å². The summed E-state index contributed by atoms with van der Waals surface area (Å²) in [4.78, 5) is 9.90. The van der Waals surface area contributed by atoms with E-state index in [9.17, 15) is 4.79 Å². The fourth-order valence-electron chi connectivity index (χ4n) is 0.753. The Kier molecular flexibility index (Phi) is 5.18. The fraction of sp³-hybridized carbons (Fsp3) is 0.625. The number of hydrogen-bond acceptors (Lipinski definition) is 1. The Balaban J connectivity index is 3.60. The quantitative estimate of drug-likeness (QED) is 0.417. The van der Waals surface area contributed by atoms with Crippen molar-refractivity contribution in [2.45, 2.75) is 33.1 Å². The van der Waals surface area contributed by atoms with E-state index >= 15 is 0 Å². The van der Waals surface area contributed by atoms with Crippen LogP contribution in [-0.4, -0.2) is 6.29 Å². The maximum absolute atomic E-state index is 9.90. The minimum atomic E-state index is 0.580. The molecule has 0 spiro atoms. The third-order valence-electron chi connectivity index (χ3n) is 1.41. The molecule has 0 atom stereocenters. The van der Waals surface area contributed by atoms with E-state index in [1.54, 1.807) is 0 Å². The zero-order valence-corrected chi connectivity index (χ0v) is 6.18. The molecule has 0 aromatic rings. The SMILES string of the molecule is CCC(=CCC=O)CC. The van der Waals surface area contributed by atoms with Crippen LogP contribution in [0, 0.1) is 0 Å². The zero-order chi connectivity index (χ0) is 7.11. The molecule has 0 unspecified atom stereocenters. The Hall–Kier alpha value is -0.590. The van der Waals surface area contributed by atoms with Gasteiger partial charge in [-0.1, -0.05) is 25.5 Å². The largest absolute Gasteiger partial charge is 0.303 e. The molecule has 0 aromatic carbocycles. The van der Waals surface area contributed by atoms with Crippen molar-refractivity contribution in [2.75, 3.05) is 0 Å². The number of rotatable bonds is 4. The topological polar surface area (TPSA) is 17.1 Å². The monoisotopic (exact) mass is 126 g/mol. The van der Waals surface area contributed by atoms with E-state index in [1.807, 2.05) is 6.08 Å². The molecule has 0 aliphatic rings. The smallest absolute Gasteiger partial charge is 0.123 e. The summed E-state index contributed by atoms with van der Waals surface area (Å²) >= 11 is 0. The second kappa shape index (κ2) is 5.54. The molecule has 9 heavy (non-hydrogen) atoms. The summed E-state index contributed by atoms with van der Waals surface area (Å²) in [6, 6.07) is 0. The normalized spacial score (nSPS) is 8.67. The third-order valence-corrected chi connectivity index (χ3v) is 1.41. The molecule has 0 rings (SSSR count). The molecule has 0 bridgehead atoms. The van der Waals surface area contributed by atoms with Gasteiger partial charge in [-0.05, 0) is 12.8 Å². The second-order valence-corrected chi connectivity index (χ2v) is 1.97. The van der Waals surface area contributed by atoms with E-state index in [0.717, 1.165) is 19.1 Å². The molecule has 0 saturated heterocycles. The highest BCUT2D eigenvalue weighted by Crippen LogP contribution is 2.04. The summed E-state index contributed by atoms with van der Waals surface area (Å²) in [5.41, 5.74) is 1.38. The van der Waals surface area contributed by atoms with Crippen LogP contribution in [0.25, 0.3) is 0 Å². The third kappa shape index (κ3) is 3.95. The summed E-state index contributed by atoms with van der Waals surface area (Å²) < 4.78 is 0. The van der Waals surface area contributed by atoms with Crippen LogP contribution in [0.4, 0.5) is 0 Å². The molecular formula is C8H14O. The molecule has 52 valence electrons. The minimum Gasteiger partial charge on any atom is -0.303 e. The van der Waals surface area contributed by atoms with Crippen LogP contribution in [0.5, 0.6) is 0 Å². The predicted molar refractivity (Wildman–Crippen MR) is 39.3 cm³/mol. The van der Waals surface area contributed by atoms with Gasteiger partial charge in [-0.2, -0.15) is 0 Å². The van der Waals surface area contributed by atoms with Gasteiger partial charge in [-0.25, -0.2) is 0 Å². The van der Waals surface area contributed by atoms with Gasteiger partial charge < -0.3 is 4.79 Å². The fourth-order valence-corrected chi connectivity index (χ4v) is 0.753. The van der Waals surface area contributed by atoms with E-state index in [0.29, 0.717) is 6.42 Å². The lowest BCUT2D eigenvalue weighted by Crippen LogP contribution is -1.77. The summed E-state index contributed by atoms with van der Waals surface area (Å²) in [6.07, 6.45) is 5.67. The first-order valence-corrected chi connectivity index (χ1v) is 3.46. The van der Waals surface area contributed by atoms with Crippen LogP contribution < -0.4 is 0 Å². The Morgan fingerprint density at radius 3 is 2.22 bits per heavy atom. The molecule has 0 aromatic heterocycles. The van der Waals surface area contributed by atoms with Gasteiger partial charge in [0.15, 0.2) is 0 Å². The first-order valence-electron chi connectivity index (χ1n) is 3.46. The lowest BCUT2D eigenvalue weighted by Gasteiger charge is -1.95. The van der Waals surface area contributed by atoms with E-state index in [1.165, 1.54) is 5.57 Å². The average Bonchev–Trinajstić information content (AvgIpc) is 1.91. The summed E-state index contributed by atoms with van der Waals surface area (Å²) in [6.45, 7) is 4.22. The Bertz CT molecular complexity index is 97.1. The molecule has 0 aliphatic heterocycles. The van der Waals surface area contributed by atoms with Gasteiger partial charge >= 0.3 is 0 Å². The lowest BCUT2D eigenvalue weighted by molar-refractivity contribution is -0.107. The van der Waals surface area contributed by atoms with Crippen LogP contribution in [0.1, 0.15) is 33.1 Å². The highest BCUT2D eigenvalue weighted by Gasteiger charge is 1.86. The average molecular weight is 126 g/mol. The molecular weight excluding hydrogens is 112 g/mol. The van der Waals surface area contributed by atoms with Crippen molar-refractivity contribution in [1.82, 2.24) is 0 Å². The maximum Gasteiger partial charge on any atom is 0.123 e. The van der Waals surface area contributed by atoms with Crippen molar-refractivity contribution in [2.24, 2.45) is 0 Å². The van der Waals surface area contributed by atoms with Crippen molar-refractivity contribution >= 4 is 6.29 Å². The number of aldehydes is 1. The molecule has 0 radical (unpaired) electrons. The minimum absolute atomic E-state index is 0.580. The molecule has 0 amide bonds. The molecule has 0 aliphatic carbocycles. The molecule has 0 fully saturated rings. The highest BCUT2D eigenvalue weighted by molar-refractivity contribution is 5.52. The van der Waals surface area contributed by atoms with Gasteiger partial charge in [-0.15, -0.1) is 0 Å². The van der Waals surface area contributed by atoms with Gasteiger partial charge in [0.25, 0.3) is 0 Å². The number of carbonyl (C=O) groups excluding carboxylic acids is 1. The molecule has 0 N–H and O–H groups in total. The van der Waals surface area contributed by atoms with Gasteiger partial charge in [0, 0.05) is 6.42 Å². The van der Waals surface area contributed by atoms with Gasteiger partial charge in [0.05, 0.1) is 0 Å². The number of allylic oxidation sites excluding steroid dienone is 2. The van der Waals surface area contributed by atoms with E-state index in [-0.39, 0.29) is 0 Å². The zero-order valence-electron chi connectivity index (χ0n) is 6.18. The van der Waals surface area contributed by atoms with Crippen LogP contribution in [0.3, 0.4) is 0 Å². The van der Waals surface area contributed by atoms with Crippen LogP contribution in [0.2, 0.25) is 0 Å². The summed E-state index contributed by atoms with van der Waals surface area (Å²) in [5.74, 6) is 0. The maximum atomic E-state index is 9.90. The predicted octanol–water partition coefficient (Wildman–Crippen LogP) is 2.32. The van der Waals surface area contributed by atoms with Crippen LogP contribution >= 0.6 is 0 Å². The summed E-state index contributed by atoms with van der Waals surface area (Å²) in [7, 11) is 0. The highest BCUT2D eigenvalue weighted by atomic mass is 16.1. The number of carbonyl (C=O) groups is 1. The van der Waals surface area contributed by atoms with Crippen molar-refractivity contribution in [3.63, 3.8) is 0 Å². The first kappa shape index (κ1) is 8.41. The van der Waals surface area contributed by atoms with Crippen molar-refractivity contribution < 1.29 is 4.79 Å². The molecule has 0 heterocycles. The number of hydrogen-bond donors (Lipinski definition) is 0. The second-order valence-electron chi connectivity index (χ2n) is 1.97. The Morgan fingerprint density at radius 1 is 1.33 bits per heavy atom. The lowest BCUT2D eigenvalue weighted by atomic mass is 10.1. The molecule has 1 nitrogen and oxygen atoms in total. The van der Waals surface area contributed by atoms with Gasteiger partial charge in [0.1, 0.15) is 6.29 Å². The van der Waals surface area contributed by atoms with Crippen molar-refractivity contribution in [1.29, 1.82) is 0 Å². The standard InChI is InChI=1S/C8H14O/c1-3-8(4-2)6-5-7-9/h6-7H,3-5H2,1-2H3. The van der Waals surface area contributed by atoms with Crippen molar-refractivity contribution in [3.05, 3.63) is 11.6 Å². The Labute approximate surface area is 56.8 Å². The van der Waals surface area contributed by atoms with Crippen LogP contribution in [-0.2, 0) is 4.79 Å². The molecule has 0 saturated carbocycles. The van der Waals surface area contributed by atoms with E-state index in [2.05, 4.69) is 13.8 Å². The molecule has 1 heteroatoms. The van der Waals surface area contributed by atoms with Gasteiger partial charge in [0.2, 0.25) is 0 Å². The van der Waals surface area contributed by atoms with Gasteiger partial charge in [-0.3, -0.25) is 0 Å². The first-order chi connectivity index (χ1) is 4.35. The van der Waals surface area contributed by atoms with E-state index < -0.39 is 0 Å². The van der Waals surface area contributed by atoms with Crippen molar-refractivity contribution in [3.8, 4) is 0 Å². The van der Waals surface area contributed by atoms with Crippen LogP contribution in [0.15, 0.2) is 11.6 Å². The summed E-state index contributed by atoms with van der Waals surface area (Å²) in [5, 5.41) is 0. The Morgan fingerprint density at radius 2 is 1.89 bits per heavy atom.